The molecule has 0 aliphatic heterocycles. The minimum atomic E-state index is 1.17. The predicted molar refractivity (Wildman–Crippen MR) is 140 cm³/mol. The first-order chi connectivity index (χ1) is 16.3. The smallest absolute Gasteiger partial charge is 0.0541 e. The van der Waals surface area contributed by atoms with E-state index in [4.69, 9.17) is 0 Å². The van der Waals surface area contributed by atoms with E-state index in [0.717, 1.165) is 0 Å². The van der Waals surface area contributed by atoms with Crippen molar-refractivity contribution < 1.29 is 0 Å². The van der Waals surface area contributed by atoms with E-state index in [1.54, 1.807) is 0 Å². The number of aromatic nitrogens is 2. The van der Waals surface area contributed by atoms with E-state index < -0.39 is 0 Å². The summed E-state index contributed by atoms with van der Waals surface area (Å²) in [5.41, 5.74) is 8.58. The van der Waals surface area contributed by atoms with E-state index in [0.29, 0.717) is 0 Å². The standard InChI is InChI=1S/C31H22N2/c1-21-14-19-31-27(20-21)26-10-4-7-13-30(26)33(31)23-17-15-22(16-18-23)32-28-11-5-2-8-24(28)25-9-3-6-12-29(25)32/h2-20H,1H3. The van der Waals surface area contributed by atoms with E-state index >= 15 is 0 Å². The van der Waals surface area contributed by atoms with Crippen LogP contribution in [0.1, 0.15) is 5.56 Å². The summed E-state index contributed by atoms with van der Waals surface area (Å²) < 4.78 is 4.74. The maximum absolute atomic E-state index is 2.37. The average molecular weight is 423 g/mol. The van der Waals surface area contributed by atoms with Gasteiger partial charge < -0.3 is 9.13 Å². The molecule has 0 radical (unpaired) electrons. The van der Waals surface area contributed by atoms with Gasteiger partial charge in [-0.25, -0.2) is 0 Å². The summed E-state index contributed by atoms with van der Waals surface area (Å²) in [5.74, 6) is 0. The molecule has 33 heavy (non-hydrogen) atoms. The second-order valence-electron chi connectivity index (χ2n) is 8.76. The van der Waals surface area contributed by atoms with E-state index in [-0.39, 0.29) is 0 Å². The third-order valence-corrected chi connectivity index (χ3v) is 6.77. The van der Waals surface area contributed by atoms with Gasteiger partial charge in [0.05, 0.1) is 22.1 Å². The van der Waals surface area contributed by atoms with E-state index in [1.165, 1.54) is 60.5 Å². The van der Waals surface area contributed by atoms with Crippen LogP contribution in [0, 0.1) is 6.92 Å². The summed E-state index contributed by atoms with van der Waals surface area (Å²) in [6, 6.07) is 41.7. The Morgan fingerprint density at radius 2 is 0.788 bits per heavy atom. The van der Waals surface area contributed by atoms with Gasteiger partial charge in [0, 0.05) is 32.9 Å². The number of nitrogens with zero attached hydrogens (tertiary/aromatic N) is 2. The highest BCUT2D eigenvalue weighted by atomic mass is 15.0. The third-order valence-electron chi connectivity index (χ3n) is 6.77. The molecule has 2 aromatic heterocycles. The quantitative estimate of drug-likeness (QED) is 0.266. The lowest BCUT2D eigenvalue weighted by atomic mass is 10.1. The highest BCUT2D eigenvalue weighted by Gasteiger charge is 2.14. The summed E-state index contributed by atoms with van der Waals surface area (Å²) in [5, 5.41) is 5.17. The summed E-state index contributed by atoms with van der Waals surface area (Å²) in [6.45, 7) is 2.16. The molecule has 0 unspecified atom stereocenters. The molecule has 156 valence electrons. The van der Waals surface area contributed by atoms with Gasteiger partial charge in [-0.15, -0.1) is 0 Å². The first kappa shape index (κ1) is 18.3. The number of fused-ring (bicyclic) bond motifs is 6. The first-order valence-corrected chi connectivity index (χ1v) is 11.4. The maximum atomic E-state index is 2.37. The molecule has 0 saturated carbocycles. The molecule has 7 aromatic rings. The topological polar surface area (TPSA) is 9.86 Å². The summed E-state index contributed by atoms with van der Waals surface area (Å²) >= 11 is 0. The van der Waals surface area contributed by atoms with Crippen molar-refractivity contribution in [3.63, 3.8) is 0 Å². The van der Waals surface area contributed by atoms with Crippen molar-refractivity contribution >= 4 is 43.6 Å². The lowest BCUT2D eigenvalue weighted by Gasteiger charge is -2.11. The van der Waals surface area contributed by atoms with Crippen molar-refractivity contribution in [3.05, 3.63) is 121 Å². The lowest BCUT2D eigenvalue weighted by Crippen LogP contribution is -1.97. The number of aryl methyl sites for hydroxylation is 1. The molecular weight excluding hydrogens is 400 g/mol. The Morgan fingerprint density at radius 1 is 0.394 bits per heavy atom. The Kier molecular flexibility index (Phi) is 3.80. The molecule has 7 rings (SSSR count). The van der Waals surface area contributed by atoms with Crippen molar-refractivity contribution in [2.45, 2.75) is 6.92 Å². The minimum absolute atomic E-state index is 1.17. The molecule has 0 fully saturated rings. The molecule has 0 spiro atoms. The van der Waals surface area contributed by atoms with Crippen molar-refractivity contribution in [2.75, 3.05) is 0 Å². The Labute approximate surface area is 191 Å². The molecular formula is C31H22N2. The largest absolute Gasteiger partial charge is 0.309 e. The van der Waals surface area contributed by atoms with Gasteiger partial charge in [-0.05, 0) is 61.5 Å². The van der Waals surface area contributed by atoms with Crippen LogP contribution in [0.2, 0.25) is 0 Å². The van der Waals surface area contributed by atoms with Crippen LogP contribution in [0.3, 0.4) is 0 Å². The number of hydrogen-bond acceptors (Lipinski definition) is 0. The Hall–Kier alpha value is -4.30. The zero-order valence-corrected chi connectivity index (χ0v) is 18.4. The molecule has 0 saturated heterocycles. The first-order valence-electron chi connectivity index (χ1n) is 11.4. The van der Waals surface area contributed by atoms with Crippen molar-refractivity contribution in [1.82, 2.24) is 9.13 Å². The van der Waals surface area contributed by atoms with Crippen LogP contribution >= 0.6 is 0 Å². The molecule has 2 nitrogen and oxygen atoms in total. The number of benzene rings is 5. The zero-order chi connectivity index (χ0) is 21.9. The maximum Gasteiger partial charge on any atom is 0.0541 e. The van der Waals surface area contributed by atoms with Crippen LogP contribution in [0.5, 0.6) is 0 Å². The van der Waals surface area contributed by atoms with Crippen molar-refractivity contribution in [3.8, 4) is 11.4 Å². The normalized spacial score (nSPS) is 11.8. The van der Waals surface area contributed by atoms with Crippen LogP contribution in [0.4, 0.5) is 0 Å². The number of hydrogen-bond donors (Lipinski definition) is 0. The van der Waals surface area contributed by atoms with Gasteiger partial charge in [-0.3, -0.25) is 0 Å². The fourth-order valence-electron chi connectivity index (χ4n) is 5.32. The summed E-state index contributed by atoms with van der Waals surface area (Å²) in [6.07, 6.45) is 0. The Bertz CT molecular complexity index is 1760. The van der Waals surface area contributed by atoms with Gasteiger partial charge >= 0.3 is 0 Å². The Balaban J connectivity index is 1.46. The minimum Gasteiger partial charge on any atom is -0.309 e. The fraction of sp³-hybridized carbons (Fsp3) is 0.0323. The lowest BCUT2D eigenvalue weighted by molar-refractivity contribution is 1.14. The van der Waals surface area contributed by atoms with Crippen LogP contribution < -0.4 is 0 Å². The second kappa shape index (κ2) is 6.85. The Morgan fingerprint density at radius 3 is 1.27 bits per heavy atom. The van der Waals surface area contributed by atoms with Gasteiger partial charge in [0.25, 0.3) is 0 Å². The van der Waals surface area contributed by atoms with Gasteiger partial charge in [0.15, 0.2) is 0 Å². The molecule has 0 aliphatic carbocycles. The molecule has 0 atom stereocenters. The van der Waals surface area contributed by atoms with E-state index in [1.807, 2.05) is 0 Å². The predicted octanol–water partition coefficient (Wildman–Crippen LogP) is 8.19. The van der Waals surface area contributed by atoms with Gasteiger partial charge in [0.2, 0.25) is 0 Å². The van der Waals surface area contributed by atoms with Crippen LogP contribution in [-0.2, 0) is 0 Å². The molecule has 0 aliphatic rings. The molecule has 2 heteroatoms. The molecule has 0 N–H and O–H groups in total. The van der Waals surface area contributed by atoms with Crippen LogP contribution in [0.25, 0.3) is 55.0 Å². The second-order valence-corrected chi connectivity index (χ2v) is 8.76. The fourth-order valence-corrected chi connectivity index (χ4v) is 5.32. The SMILES string of the molecule is Cc1ccc2c(c1)c1ccccc1n2-c1ccc(-n2c3ccccc3c3ccccc32)cc1. The van der Waals surface area contributed by atoms with Crippen molar-refractivity contribution in [1.29, 1.82) is 0 Å². The highest BCUT2D eigenvalue weighted by molar-refractivity contribution is 6.10. The van der Waals surface area contributed by atoms with Crippen LogP contribution in [0.15, 0.2) is 115 Å². The monoisotopic (exact) mass is 422 g/mol. The average Bonchev–Trinajstić information content (AvgIpc) is 3.37. The summed E-state index contributed by atoms with van der Waals surface area (Å²) in [4.78, 5) is 0. The van der Waals surface area contributed by atoms with Crippen molar-refractivity contribution in [2.24, 2.45) is 0 Å². The molecule has 2 heterocycles. The highest BCUT2D eigenvalue weighted by Crippen LogP contribution is 2.34. The zero-order valence-electron chi connectivity index (χ0n) is 18.4. The molecule has 0 amide bonds. The van der Waals surface area contributed by atoms with Crippen LogP contribution in [-0.4, -0.2) is 9.13 Å². The number of para-hydroxylation sites is 3. The summed E-state index contributed by atoms with van der Waals surface area (Å²) in [7, 11) is 0. The van der Waals surface area contributed by atoms with Gasteiger partial charge in [-0.2, -0.15) is 0 Å². The molecule has 5 aromatic carbocycles. The van der Waals surface area contributed by atoms with E-state index in [9.17, 15) is 0 Å². The molecule has 0 bridgehead atoms. The van der Waals surface area contributed by atoms with E-state index in [2.05, 4.69) is 131 Å². The number of rotatable bonds is 2. The van der Waals surface area contributed by atoms with Gasteiger partial charge in [-0.1, -0.05) is 66.2 Å². The van der Waals surface area contributed by atoms with Gasteiger partial charge in [0.1, 0.15) is 0 Å². The third kappa shape index (κ3) is 2.61.